The van der Waals surface area contributed by atoms with Gasteiger partial charge in [0, 0.05) is 18.2 Å². The summed E-state index contributed by atoms with van der Waals surface area (Å²) >= 11 is 0. The Balaban J connectivity index is 2.13. The highest BCUT2D eigenvalue weighted by atomic mass is 16.6. The molecule has 1 aromatic carbocycles. The molecule has 1 N–H and O–H groups in total. The van der Waals surface area contributed by atoms with Crippen LogP contribution >= 0.6 is 0 Å². The van der Waals surface area contributed by atoms with Crippen LogP contribution in [0.2, 0.25) is 0 Å². The van der Waals surface area contributed by atoms with Gasteiger partial charge in [-0.2, -0.15) is 0 Å². The molecule has 2 unspecified atom stereocenters. The minimum Gasteiger partial charge on any atom is -0.493 e. The van der Waals surface area contributed by atoms with Crippen LogP contribution < -0.4 is 14.8 Å². The number of methoxy groups -OCH3 is 1. The summed E-state index contributed by atoms with van der Waals surface area (Å²) in [5, 5.41) is 2.57. The van der Waals surface area contributed by atoms with Crippen LogP contribution in [-0.4, -0.2) is 42.1 Å². The largest absolute Gasteiger partial charge is 0.493 e. The highest BCUT2D eigenvalue weighted by Gasteiger charge is 2.28. The number of aromatic nitrogens is 1. The molecule has 0 fully saturated rings. The molecule has 34 heavy (non-hydrogen) atoms. The highest BCUT2D eigenvalue weighted by molar-refractivity contribution is 5.98. The monoisotopic (exact) mass is 470 g/mol. The van der Waals surface area contributed by atoms with Gasteiger partial charge in [-0.05, 0) is 44.4 Å². The maximum atomic E-state index is 12.9. The standard InChI is InChI=1S/C26H34N2O6/c1-14(2)25(30)34-23-20(32-8)12-13-27-22(23)24(29)28-18(6)26(31)33-19(7)17(5)21-15(3)10-9-11-16(21)4/h9-14,17-19H,1-8H3,(H,28,29)/t17?,18-,19?/m0/s1. The quantitative estimate of drug-likeness (QED) is 0.550. The molecule has 0 aliphatic carbocycles. The lowest BCUT2D eigenvalue weighted by molar-refractivity contribution is -0.151. The van der Waals surface area contributed by atoms with Crippen LogP contribution in [0.4, 0.5) is 0 Å². The number of hydrogen-bond donors (Lipinski definition) is 1. The summed E-state index contributed by atoms with van der Waals surface area (Å²) in [7, 11) is 1.39. The molecule has 0 aliphatic rings. The van der Waals surface area contributed by atoms with Crippen LogP contribution in [0.3, 0.4) is 0 Å². The third kappa shape index (κ3) is 6.34. The molecule has 0 aliphatic heterocycles. The first kappa shape index (κ1) is 26.8. The highest BCUT2D eigenvalue weighted by Crippen LogP contribution is 2.31. The summed E-state index contributed by atoms with van der Waals surface area (Å²) < 4.78 is 16.2. The zero-order chi connectivity index (χ0) is 25.6. The van der Waals surface area contributed by atoms with Crippen molar-refractivity contribution in [2.24, 2.45) is 5.92 Å². The number of rotatable bonds is 9. The van der Waals surface area contributed by atoms with Gasteiger partial charge >= 0.3 is 11.9 Å². The van der Waals surface area contributed by atoms with Crippen molar-refractivity contribution >= 4 is 17.8 Å². The number of esters is 2. The first-order valence-corrected chi connectivity index (χ1v) is 11.3. The summed E-state index contributed by atoms with van der Waals surface area (Å²) in [6.07, 6.45) is 0.946. The van der Waals surface area contributed by atoms with Gasteiger partial charge in [0.1, 0.15) is 12.1 Å². The van der Waals surface area contributed by atoms with E-state index < -0.39 is 35.9 Å². The van der Waals surface area contributed by atoms with Gasteiger partial charge in [-0.1, -0.05) is 39.0 Å². The Morgan fingerprint density at radius 2 is 1.56 bits per heavy atom. The Hall–Kier alpha value is -3.42. The molecular formula is C26H34N2O6. The van der Waals surface area contributed by atoms with Crippen LogP contribution in [0.25, 0.3) is 0 Å². The van der Waals surface area contributed by atoms with Crippen molar-refractivity contribution in [1.29, 1.82) is 0 Å². The summed E-state index contributed by atoms with van der Waals surface area (Å²) in [5.41, 5.74) is 3.23. The van der Waals surface area contributed by atoms with Gasteiger partial charge in [0.2, 0.25) is 5.75 Å². The van der Waals surface area contributed by atoms with E-state index in [1.165, 1.54) is 26.3 Å². The van der Waals surface area contributed by atoms with Crippen molar-refractivity contribution in [3.8, 4) is 11.5 Å². The van der Waals surface area contributed by atoms with Crippen LogP contribution in [0.5, 0.6) is 11.5 Å². The average molecular weight is 471 g/mol. The fourth-order valence-electron chi connectivity index (χ4n) is 3.56. The zero-order valence-electron chi connectivity index (χ0n) is 21.1. The van der Waals surface area contributed by atoms with Crippen molar-refractivity contribution in [2.45, 2.75) is 66.5 Å². The van der Waals surface area contributed by atoms with Crippen molar-refractivity contribution in [3.63, 3.8) is 0 Å². The van der Waals surface area contributed by atoms with Crippen molar-refractivity contribution < 1.29 is 28.6 Å². The second-order valence-electron chi connectivity index (χ2n) is 8.70. The zero-order valence-corrected chi connectivity index (χ0v) is 21.1. The van der Waals surface area contributed by atoms with Crippen molar-refractivity contribution in [3.05, 3.63) is 52.8 Å². The lowest BCUT2D eigenvalue weighted by Gasteiger charge is -2.25. The molecule has 8 heteroatoms. The topological polar surface area (TPSA) is 104 Å². The Kier molecular flexibility index (Phi) is 9.18. The second-order valence-corrected chi connectivity index (χ2v) is 8.70. The first-order valence-electron chi connectivity index (χ1n) is 11.3. The van der Waals surface area contributed by atoms with E-state index in [0.29, 0.717) is 0 Å². The van der Waals surface area contributed by atoms with Gasteiger partial charge in [-0.3, -0.25) is 9.59 Å². The number of hydrogen-bond acceptors (Lipinski definition) is 7. The molecule has 8 nitrogen and oxygen atoms in total. The normalized spacial score (nSPS) is 13.6. The lowest BCUT2D eigenvalue weighted by atomic mass is 9.89. The minimum absolute atomic E-state index is 0.0323. The van der Waals surface area contributed by atoms with E-state index in [1.807, 2.05) is 45.9 Å². The Bertz CT molecular complexity index is 1030. The third-order valence-corrected chi connectivity index (χ3v) is 5.68. The maximum Gasteiger partial charge on any atom is 0.328 e. The molecule has 2 aromatic rings. The Morgan fingerprint density at radius 1 is 0.941 bits per heavy atom. The third-order valence-electron chi connectivity index (χ3n) is 5.68. The number of ether oxygens (including phenoxy) is 3. The smallest absolute Gasteiger partial charge is 0.328 e. The molecule has 0 bridgehead atoms. The summed E-state index contributed by atoms with van der Waals surface area (Å²) in [5.74, 6) is -2.18. The van der Waals surface area contributed by atoms with Gasteiger partial charge in [0.05, 0.1) is 13.0 Å². The van der Waals surface area contributed by atoms with Gasteiger partial charge in [-0.25, -0.2) is 9.78 Å². The van der Waals surface area contributed by atoms with Crippen LogP contribution in [0, 0.1) is 19.8 Å². The van der Waals surface area contributed by atoms with E-state index in [0.717, 1.165) is 16.7 Å². The van der Waals surface area contributed by atoms with Gasteiger partial charge in [0.15, 0.2) is 11.4 Å². The number of pyridine rings is 1. The predicted molar refractivity (Wildman–Crippen MR) is 128 cm³/mol. The molecular weight excluding hydrogens is 436 g/mol. The molecule has 184 valence electrons. The maximum absolute atomic E-state index is 12.9. The van der Waals surface area contributed by atoms with Gasteiger partial charge < -0.3 is 19.5 Å². The number of nitrogens with zero attached hydrogens (tertiary/aromatic N) is 1. The van der Waals surface area contributed by atoms with Crippen LogP contribution in [0.15, 0.2) is 30.5 Å². The van der Waals surface area contributed by atoms with E-state index in [1.54, 1.807) is 13.8 Å². The molecule has 0 radical (unpaired) electrons. The fourth-order valence-corrected chi connectivity index (χ4v) is 3.56. The number of aryl methyl sites for hydroxylation is 2. The SMILES string of the molecule is COc1ccnc(C(=O)N[C@@H](C)C(=O)OC(C)C(C)c2c(C)cccc2C)c1OC(=O)C(C)C. The summed E-state index contributed by atoms with van der Waals surface area (Å²) in [4.78, 5) is 41.8. The fraction of sp³-hybridized carbons (Fsp3) is 0.462. The van der Waals surface area contributed by atoms with Gasteiger partial charge in [-0.15, -0.1) is 0 Å². The van der Waals surface area contributed by atoms with E-state index in [2.05, 4.69) is 10.3 Å². The Labute approximate surface area is 201 Å². The van der Waals surface area contributed by atoms with E-state index in [4.69, 9.17) is 14.2 Å². The summed E-state index contributed by atoms with van der Waals surface area (Å²) in [6, 6.07) is 6.58. The molecule has 0 saturated carbocycles. The molecule has 0 spiro atoms. The second kappa shape index (κ2) is 11.6. The number of benzene rings is 1. The Morgan fingerprint density at radius 3 is 2.12 bits per heavy atom. The van der Waals surface area contributed by atoms with E-state index in [9.17, 15) is 14.4 Å². The molecule has 0 saturated heterocycles. The van der Waals surface area contributed by atoms with E-state index >= 15 is 0 Å². The average Bonchev–Trinajstić information content (AvgIpc) is 2.78. The van der Waals surface area contributed by atoms with Crippen molar-refractivity contribution in [1.82, 2.24) is 10.3 Å². The van der Waals surface area contributed by atoms with Crippen molar-refractivity contribution in [2.75, 3.05) is 7.11 Å². The molecule has 1 amide bonds. The summed E-state index contributed by atoms with van der Waals surface area (Å²) in [6.45, 7) is 12.8. The minimum atomic E-state index is -0.957. The van der Waals surface area contributed by atoms with Gasteiger partial charge in [0.25, 0.3) is 5.91 Å². The predicted octanol–water partition coefficient (Wildman–Crippen LogP) is 4.12. The molecule has 1 heterocycles. The van der Waals surface area contributed by atoms with E-state index in [-0.39, 0.29) is 23.1 Å². The lowest BCUT2D eigenvalue weighted by Crippen LogP contribution is -2.41. The first-order chi connectivity index (χ1) is 16.0. The number of amides is 1. The molecule has 2 rings (SSSR count). The number of carbonyl (C=O) groups excluding carboxylic acids is 3. The molecule has 3 atom stereocenters. The van der Waals surface area contributed by atoms with Crippen LogP contribution in [0.1, 0.15) is 67.7 Å². The van der Waals surface area contributed by atoms with Crippen LogP contribution in [-0.2, 0) is 14.3 Å². The molecule has 1 aromatic heterocycles. The number of nitrogens with one attached hydrogen (secondary N) is 1. The number of carbonyl (C=O) groups is 3.